The van der Waals surface area contributed by atoms with Crippen LogP contribution >= 0.6 is 12.6 Å². The molecule has 0 spiro atoms. The molecule has 0 saturated heterocycles. The third kappa shape index (κ3) is 8.03. The normalized spacial score (nSPS) is 19.4. The van der Waals surface area contributed by atoms with Crippen molar-refractivity contribution in [2.75, 3.05) is 5.75 Å². The summed E-state index contributed by atoms with van der Waals surface area (Å²) >= 11 is 4.33. The molecular weight excluding hydrogens is 288 g/mol. The molecule has 0 N–H and O–H groups in total. The molecule has 0 saturated carbocycles. The van der Waals surface area contributed by atoms with Gasteiger partial charge in [0, 0.05) is 24.4 Å². The monoisotopic (exact) mass is 322 g/mol. The smallest absolute Gasteiger partial charge is 0.371 e. The SMILES string of the molecule is CCC(C)O[Si](CCCS)(OC(C)CC)OC(C)CC. The van der Waals surface area contributed by atoms with Gasteiger partial charge in [-0.2, -0.15) is 12.6 Å². The maximum Gasteiger partial charge on any atom is 0.501 e. The van der Waals surface area contributed by atoms with Gasteiger partial charge in [0.1, 0.15) is 0 Å². The summed E-state index contributed by atoms with van der Waals surface area (Å²) in [7, 11) is -2.62. The fourth-order valence-corrected chi connectivity index (χ4v) is 5.65. The quantitative estimate of drug-likeness (QED) is 0.417. The van der Waals surface area contributed by atoms with Crippen molar-refractivity contribution >= 4 is 21.4 Å². The highest BCUT2D eigenvalue weighted by atomic mass is 32.1. The van der Waals surface area contributed by atoms with Gasteiger partial charge >= 0.3 is 8.80 Å². The van der Waals surface area contributed by atoms with Crippen LogP contribution in [0.15, 0.2) is 0 Å². The van der Waals surface area contributed by atoms with Crippen molar-refractivity contribution in [1.29, 1.82) is 0 Å². The van der Waals surface area contributed by atoms with E-state index in [2.05, 4.69) is 54.2 Å². The Morgan fingerprint density at radius 3 is 1.40 bits per heavy atom. The molecule has 0 fully saturated rings. The third-order valence-corrected chi connectivity index (χ3v) is 7.07. The highest BCUT2D eigenvalue weighted by Gasteiger charge is 2.44. The minimum atomic E-state index is -2.62. The Morgan fingerprint density at radius 1 is 0.800 bits per heavy atom. The van der Waals surface area contributed by atoms with E-state index in [1.807, 2.05) is 0 Å². The standard InChI is InChI=1S/C15H34O3SSi/c1-7-13(4)16-20(12-10-11-19,17-14(5)8-2)18-15(6)9-3/h13-15,19H,7-12H2,1-6H3. The summed E-state index contributed by atoms with van der Waals surface area (Å²) in [6.07, 6.45) is 4.42. The lowest BCUT2D eigenvalue weighted by molar-refractivity contribution is -0.0108. The zero-order valence-electron chi connectivity index (χ0n) is 14.1. The molecule has 0 radical (unpaired) electrons. The molecule has 0 bridgehead atoms. The van der Waals surface area contributed by atoms with Crippen LogP contribution in [-0.4, -0.2) is 32.9 Å². The number of thiol groups is 1. The van der Waals surface area contributed by atoms with Crippen LogP contribution in [0.2, 0.25) is 6.04 Å². The summed E-state index contributed by atoms with van der Waals surface area (Å²) in [6, 6.07) is 0.857. The summed E-state index contributed by atoms with van der Waals surface area (Å²) in [4.78, 5) is 0. The minimum Gasteiger partial charge on any atom is -0.371 e. The third-order valence-electron chi connectivity index (χ3n) is 3.51. The summed E-state index contributed by atoms with van der Waals surface area (Å²) in [5.41, 5.74) is 0. The molecule has 0 aliphatic carbocycles. The van der Waals surface area contributed by atoms with Crippen molar-refractivity contribution in [3.8, 4) is 0 Å². The first kappa shape index (κ1) is 20.4. The van der Waals surface area contributed by atoms with E-state index in [0.717, 1.165) is 37.5 Å². The molecule has 122 valence electrons. The highest BCUT2D eigenvalue weighted by molar-refractivity contribution is 7.80. The van der Waals surface area contributed by atoms with E-state index < -0.39 is 8.80 Å². The Bertz CT molecular complexity index is 210. The molecule has 3 unspecified atom stereocenters. The van der Waals surface area contributed by atoms with Gasteiger partial charge in [-0.05, 0) is 52.2 Å². The second-order valence-corrected chi connectivity index (χ2v) is 8.54. The molecular formula is C15H34O3SSi. The van der Waals surface area contributed by atoms with Crippen LogP contribution in [0.4, 0.5) is 0 Å². The van der Waals surface area contributed by atoms with E-state index in [4.69, 9.17) is 13.3 Å². The zero-order valence-corrected chi connectivity index (χ0v) is 16.0. The maximum absolute atomic E-state index is 6.29. The van der Waals surface area contributed by atoms with Crippen molar-refractivity contribution in [2.45, 2.75) is 91.6 Å². The Morgan fingerprint density at radius 2 is 1.15 bits per heavy atom. The van der Waals surface area contributed by atoms with Crippen LogP contribution in [0, 0.1) is 0 Å². The summed E-state index contributed by atoms with van der Waals surface area (Å²) in [5, 5.41) is 0. The van der Waals surface area contributed by atoms with Gasteiger partial charge in [0.25, 0.3) is 0 Å². The van der Waals surface area contributed by atoms with Crippen molar-refractivity contribution in [1.82, 2.24) is 0 Å². The number of hydrogen-bond donors (Lipinski definition) is 1. The molecule has 0 rings (SSSR count). The molecule has 0 aliphatic rings. The molecule has 0 aromatic heterocycles. The Kier molecular flexibility index (Phi) is 11.3. The Labute approximate surface area is 132 Å². The fraction of sp³-hybridized carbons (Fsp3) is 1.00. The molecule has 5 heteroatoms. The molecule has 0 aliphatic heterocycles. The molecule has 0 aromatic rings. The minimum absolute atomic E-state index is 0.176. The lowest BCUT2D eigenvalue weighted by atomic mass is 10.3. The summed E-state index contributed by atoms with van der Waals surface area (Å²) in [5.74, 6) is 0.840. The van der Waals surface area contributed by atoms with Crippen molar-refractivity contribution < 1.29 is 13.3 Å². The molecule has 0 amide bonds. The van der Waals surface area contributed by atoms with Crippen LogP contribution in [0.25, 0.3) is 0 Å². The van der Waals surface area contributed by atoms with Crippen LogP contribution in [0.3, 0.4) is 0 Å². The lowest BCUT2D eigenvalue weighted by Gasteiger charge is -2.36. The highest BCUT2D eigenvalue weighted by Crippen LogP contribution is 2.26. The van der Waals surface area contributed by atoms with Gasteiger partial charge in [-0.15, -0.1) is 0 Å². The first-order chi connectivity index (χ1) is 9.42. The lowest BCUT2D eigenvalue weighted by Crippen LogP contribution is -2.51. The first-order valence-corrected chi connectivity index (χ1v) is 10.6. The van der Waals surface area contributed by atoms with E-state index in [-0.39, 0.29) is 18.3 Å². The largest absolute Gasteiger partial charge is 0.501 e. The van der Waals surface area contributed by atoms with E-state index in [1.54, 1.807) is 0 Å². The molecule has 3 nitrogen and oxygen atoms in total. The van der Waals surface area contributed by atoms with Crippen LogP contribution in [0.1, 0.15) is 67.2 Å². The van der Waals surface area contributed by atoms with Gasteiger partial charge in [-0.1, -0.05) is 20.8 Å². The van der Waals surface area contributed by atoms with E-state index in [0.29, 0.717) is 0 Å². The van der Waals surface area contributed by atoms with Gasteiger partial charge in [0.2, 0.25) is 0 Å². The van der Waals surface area contributed by atoms with Gasteiger partial charge in [0.15, 0.2) is 0 Å². The Hall–Kier alpha value is 0.447. The predicted molar refractivity (Wildman–Crippen MR) is 91.5 cm³/mol. The summed E-state index contributed by atoms with van der Waals surface area (Å²) < 4.78 is 18.9. The van der Waals surface area contributed by atoms with Crippen molar-refractivity contribution in [3.63, 3.8) is 0 Å². The second kappa shape index (κ2) is 11.1. The number of rotatable bonds is 12. The van der Waals surface area contributed by atoms with Crippen LogP contribution in [-0.2, 0) is 13.3 Å². The maximum atomic E-state index is 6.29. The predicted octanol–water partition coefficient (Wildman–Crippen LogP) is 4.69. The van der Waals surface area contributed by atoms with E-state index in [1.165, 1.54) is 0 Å². The molecule has 3 atom stereocenters. The fourth-order valence-electron chi connectivity index (χ4n) is 1.73. The van der Waals surface area contributed by atoms with Gasteiger partial charge < -0.3 is 13.3 Å². The van der Waals surface area contributed by atoms with Crippen molar-refractivity contribution in [3.05, 3.63) is 0 Å². The second-order valence-electron chi connectivity index (χ2n) is 5.52. The molecule has 0 heterocycles. The van der Waals surface area contributed by atoms with Gasteiger partial charge in [-0.25, -0.2) is 0 Å². The number of hydrogen-bond acceptors (Lipinski definition) is 4. The topological polar surface area (TPSA) is 27.7 Å². The Balaban J connectivity index is 5.03. The molecule has 20 heavy (non-hydrogen) atoms. The van der Waals surface area contributed by atoms with Gasteiger partial charge in [-0.3, -0.25) is 0 Å². The zero-order chi connectivity index (χ0) is 15.6. The van der Waals surface area contributed by atoms with Crippen molar-refractivity contribution in [2.24, 2.45) is 0 Å². The van der Waals surface area contributed by atoms with E-state index >= 15 is 0 Å². The first-order valence-electron chi connectivity index (χ1n) is 8.07. The average molecular weight is 323 g/mol. The molecule has 0 aromatic carbocycles. The average Bonchev–Trinajstić information content (AvgIpc) is 2.44. The van der Waals surface area contributed by atoms with Gasteiger partial charge in [0.05, 0.1) is 0 Å². The summed E-state index contributed by atoms with van der Waals surface area (Å²) in [6.45, 7) is 12.7. The van der Waals surface area contributed by atoms with E-state index in [9.17, 15) is 0 Å². The van der Waals surface area contributed by atoms with Crippen LogP contribution < -0.4 is 0 Å². The van der Waals surface area contributed by atoms with Crippen LogP contribution in [0.5, 0.6) is 0 Å².